The first-order chi connectivity index (χ1) is 4.41. The number of hydrogen-bond acceptors (Lipinski definition) is 1. The van der Waals surface area contributed by atoms with Crippen LogP contribution < -0.4 is 0 Å². The maximum Gasteiger partial charge on any atom is 0.0419 e. The Kier molecular flexibility index (Phi) is 6.92. The third-order valence-electron chi connectivity index (χ3n) is 1.01. The first-order valence-electron chi connectivity index (χ1n) is 3.51. The van der Waals surface area contributed by atoms with Crippen molar-refractivity contribution in [2.75, 3.05) is 6.54 Å². The molecule has 0 bridgehead atoms. The fourth-order valence-electron chi connectivity index (χ4n) is 0.563. The molecule has 0 amide bonds. The van der Waals surface area contributed by atoms with Crippen molar-refractivity contribution >= 4 is 6.21 Å². The van der Waals surface area contributed by atoms with Gasteiger partial charge < -0.3 is 0 Å². The number of nitrogens with zero attached hydrogens (tertiary/aromatic N) is 1. The van der Waals surface area contributed by atoms with Gasteiger partial charge in [0.15, 0.2) is 0 Å². The van der Waals surface area contributed by atoms with Crippen molar-refractivity contribution in [1.82, 2.24) is 0 Å². The smallest absolute Gasteiger partial charge is 0.0419 e. The summed E-state index contributed by atoms with van der Waals surface area (Å²) in [5.74, 6) is 0. The molecule has 0 aliphatic heterocycles. The molecule has 9 heavy (non-hydrogen) atoms. The second-order valence-corrected chi connectivity index (χ2v) is 1.83. The Hall–Kier alpha value is -0.590. The zero-order valence-electron chi connectivity index (χ0n) is 6.30. The highest BCUT2D eigenvalue weighted by Gasteiger charge is 1.72. The van der Waals surface area contributed by atoms with Gasteiger partial charge in [-0.1, -0.05) is 19.1 Å². The summed E-state index contributed by atoms with van der Waals surface area (Å²) in [6, 6.07) is 0. The summed E-state index contributed by atoms with van der Waals surface area (Å²) in [6.07, 6.45) is 8.41. The topological polar surface area (TPSA) is 12.4 Å². The minimum atomic E-state index is 0.938. The van der Waals surface area contributed by atoms with Gasteiger partial charge in [-0.3, -0.25) is 4.99 Å². The molecular weight excluding hydrogens is 110 g/mol. The SMILES string of the molecule is C/C=N\CC/C=C/CC. The van der Waals surface area contributed by atoms with Crippen LogP contribution in [-0.2, 0) is 0 Å². The van der Waals surface area contributed by atoms with Crippen LogP contribution in [0.4, 0.5) is 0 Å². The van der Waals surface area contributed by atoms with E-state index in [0.29, 0.717) is 0 Å². The molecule has 0 rings (SSSR count). The average Bonchev–Trinajstić information content (AvgIpc) is 1.89. The molecule has 0 fully saturated rings. The third-order valence-corrected chi connectivity index (χ3v) is 1.01. The van der Waals surface area contributed by atoms with Gasteiger partial charge in [0.25, 0.3) is 0 Å². The van der Waals surface area contributed by atoms with Gasteiger partial charge in [-0.2, -0.15) is 0 Å². The normalized spacial score (nSPS) is 11.8. The summed E-state index contributed by atoms with van der Waals surface area (Å²) in [4.78, 5) is 4.07. The summed E-state index contributed by atoms with van der Waals surface area (Å²) >= 11 is 0. The molecule has 0 radical (unpaired) electrons. The molecule has 0 unspecified atom stereocenters. The summed E-state index contributed by atoms with van der Waals surface area (Å²) in [6.45, 7) is 5.02. The molecule has 0 aromatic carbocycles. The Bertz CT molecular complexity index is 92.7. The summed E-state index contributed by atoms with van der Waals surface area (Å²) in [5, 5.41) is 0. The predicted octanol–water partition coefficient (Wildman–Crippen LogP) is 2.43. The number of allylic oxidation sites excluding steroid dienone is 1. The van der Waals surface area contributed by atoms with Crippen LogP contribution in [0, 0.1) is 0 Å². The lowest BCUT2D eigenvalue weighted by molar-refractivity contribution is 1.00. The van der Waals surface area contributed by atoms with E-state index < -0.39 is 0 Å². The quantitative estimate of drug-likeness (QED) is 0.311. The van der Waals surface area contributed by atoms with Gasteiger partial charge in [-0.25, -0.2) is 0 Å². The minimum absolute atomic E-state index is 0.938. The molecule has 0 N–H and O–H groups in total. The fourth-order valence-corrected chi connectivity index (χ4v) is 0.563. The van der Waals surface area contributed by atoms with Crippen molar-refractivity contribution in [1.29, 1.82) is 0 Å². The molecule has 0 aliphatic carbocycles. The number of hydrogen-bond donors (Lipinski definition) is 0. The Morgan fingerprint density at radius 1 is 1.33 bits per heavy atom. The first kappa shape index (κ1) is 8.41. The van der Waals surface area contributed by atoms with Crippen LogP contribution >= 0.6 is 0 Å². The molecule has 0 saturated heterocycles. The second-order valence-electron chi connectivity index (χ2n) is 1.83. The maximum absolute atomic E-state index is 4.07. The molecule has 0 aromatic heterocycles. The number of rotatable bonds is 4. The van der Waals surface area contributed by atoms with Crippen LogP contribution in [0.2, 0.25) is 0 Å². The highest BCUT2D eigenvalue weighted by Crippen LogP contribution is 1.85. The first-order valence-corrected chi connectivity index (χ1v) is 3.51. The average molecular weight is 125 g/mol. The molecule has 52 valence electrons. The molecule has 1 heteroatoms. The summed E-state index contributed by atoms with van der Waals surface area (Å²) in [5.41, 5.74) is 0. The largest absolute Gasteiger partial charge is 0.298 e. The molecule has 0 atom stereocenters. The van der Waals surface area contributed by atoms with E-state index in [-0.39, 0.29) is 0 Å². The third kappa shape index (κ3) is 7.41. The van der Waals surface area contributed by atoms with Crippen LogP contribution in [0.25, 0.3) is 0 Å². The highest BCUT2D eigenvalue weighted by molar-refractivity contribution is 5.53. The zero-order valence-corrected chi connectivity index (χ0v) is 6.30. The maximum atomic E-state index is 4.07. The molecule has 0 saturated carbocycles. The highest BCUT2D eigenvalue weighted by atomic mass is 14.7. The molecular formula is C8H15N. The molecule has 0 spiro atoms. The molecule has 0 heterocycles. The van der Waals surface area contributed by atoms with E-state index in [1.54, 1.807) is 0 Å². The number of aliphatic imine (C=N–C) groups is 1. The fraction of sp³-hybridized carbons (Fsp3) is 0.625. The van der Waals surface area contributed by atoms with Crippen molar-refractivity contribution in [3.63, 3.8) is 0 Å². The van der Waals surface area contributed by atoms with Crippen molar-refractivity contribution in [3.05, 3.63) is 12.2 Å². The van der Waals surface area contributed by atoms with E-state index in [2.05, 4.69) is 24.1 Å². The summed E-state index contributed by atoms with van der Waals surface area (Å²) in [7, 11) is 0. The van der Waals surface area contributed by atoms with Crippen LogP contribution in [0.5, 0.6) is 0 Å². The lowest BCUT2D eigenvalue weighted by atomic mass is 10.3. The molecule has 0 aliphatic rings. The van der Waals surface area contributed by atoms with Gasteiger partial charge in [0.1, 0.15) is 0 Å². The zero-order chi connectivity index (χ0) is 6.95. The molecule has 1 nitrogen and oxygen atoms in total. The van der Waals surface area contributed by atoms with E-state index >= 15 is 0 Å². The van der Waals surface area contributed by atoms with E-state index in [1.165, 1.54) is 0 Å². The van der Waals surface area contributed by atoms with Crippen molar-refractivity contribution in [2.24, 2.45) is 4.99 Å². The van der Waals surface area contributed by atoms with Gasteiger partial charge in [0.05, 0.1) is 0 Å². The van der Waals surface area contributed by atoms with Gasteiger partial charge in [-0.05, 0) is 26.0 Å². The van der Waals surface area contributed by atoms with Crippen molar-refractivity contribution < 1.29 is 0 Å². The second kappa shape index (κ2) is 7.41. The van der Waals surface area contributed by atoms with Crippen LogP contribution in [0.3, 0.4) is 0 Å². The van der Waals surface area contributed by atoms with Crippen LogP contribution in [0.15, 0.2) is 17.1 Å². The Labute approximate surface area is 57.5 Å². The van der Waals surface area contributed by atoms with E-state index in [4.69, 9.17) is 0 Å². The van der Waals surface area contributed by atoms with Crippen molar-refractivity contribution in [3.8, 4) is 0 Å². The standard InChI is InChI=1S/C8H15N/c1-3-5-6-7-8-9-4-2/h4-6H,3,7-8H2,1-2H3/b6-5+,9-4-. The van der Waals surface area contributed by atoms with Gasteiger partial charge >= 0.3 is 0 Å². The van der Waals surface area contributed by atoms with Gasteiger partial charge in [-0.15, -0.1) is 0 Å². The Morgan fingerprint density at radius 3 is 2.67 bits per heavy atom. The van der Waals surface area contributed by atoms with E-state index in [0.717, 1.165) is 19.4 Å². The lowest BCUT2D eigenvalue weighted by Gasteiger charge is -1.83. The predicted molar refractivity (Wildman–Crippen MR) is 43.1 cm³/mol. The Balaban J connectivity index is 2.99. The van der Waals surface area contributed by atoms with Gasteiger partial charge in [0, 0.05) is 6.54 Å². The lowest BCUT2D eigenvalue weighted by Crippen LogP contribution is -1.74. The Morgan fingerprint density at radius 2 is 2.11 bits per heavy atom. The monoisotopic (exact) mass is 125 g/mol. The van der Waals surface area contributed by atoms with E-state index in [1.807, 2.05) is 13.1 Å². The van der Waals surface area contributed by atoms with E-state index in [9.17, 15) is 0 Å². The molecule has 0 aromatic rings. The van der Waals surface area contributed by atoms with Crippen molar-refractivity contribution in [2.45, 2.75) is 26.7 Å². The van der Waals surface area contributed by atoms with Gasteiger partial charge in [0.2, 0.25) is 0 Å². The van der Waals surface area contributed by atoms with Crippen LogP contribution in [-0.4, -0.2) is 12.8 Å². The minimum Gasteiger partial charge on any atom is -0.298 e. The van der Waals surface area contributed by atoms with Crippen LogP contribution in [0.1, 0.15) is 26.7 Å². The summed E-state index contributed by atoms with van der Waals surface area (Å²) < 4.78 is 0.